The number of rotatable bonds is 6. The van der Waals surface area contributed by atoms with Crippen molar-refractivity contribution in [1.29, 1.82) is 0 Å². The number of halogens is 2. The van der Waals surface area contributed by atoms with Crippen LogP contribution >= 0.6 is 24.0 Å². The van der Waals surface area contributed by atoms with Gasteiger partial charge in [0.05, 0.1) is 5.56 Å². The van der Waals surface area contributed by atoms with Gasteiger partial charge in [0.15, 0.2) is 5.96 Å². The number of hydrogen-bond donors (Lipinski definition) is 3. The smallest absolute Gasteiger partial charge is 0.254 e. The number of guanidine groups is 1. The maximum Gasteiger partial charge on any atom is 0.254 e. The molecule has 7 heteroatoms. The summed E-state index contributed by atoms with van der Waals surface area (Å²) >= 11 is 0. The summed E-state index contributed by atoms with van der Waals surface area (Å²) in [7, 11) is 0. The SMILES string of the molecule is CC(C)CN=C(N)NCCNC(=O)c1ccccc1F.I. The van der Waals surface area contributed by atoms with Crippen molar-refractivity contribution in [3.63, 3.8) is 0 Å². The van der Waals surface area contributed by atoms with Gasteiger partial charge in [-0.05, 0) is 18.1 Å². The zero-order valence-corrected chi connectivity index (χ0v) is 14.6. The molecular weight excluding hydrogens is 386 g/mol. The zero-order chi connectivity index (χ0) is 15.0. The van der Waals surface area contributed by atoms with Crippen molar-refractivity contribution in [3.05, 3.63) is 35.6 Å². The van der Waals surface area contributed by atoms with Crippen LogP contribution in [0.5, 0.6) is 0 Å². The standard InChI is InChI=1S/C14H21FN4O.HI/c1-10(2)9-19-14(16)18-8-7-17-13(20)11-5-3-4-6-12(11)15;/h3-6,10H,7-9H2,1-2H3,(H,17,20)(H3,16,18,19);1H. The summed E-state index contributed by atoms with van der Waals surface area (Å²) in [6, 6.07) is 5.85. The Balaban J connectivity index is 0.00000400. The normalized spacial score (nSPS) is 11.0. The number of benzene rings is 1. The highest BCUT2D eigenvalue weighted by Crippen LogP contribution is 2.05. The highest BCUT2D eigenvalue weighted by atomic mass is 127. The molecule has 0 fully saturated rings. The molecule has 0 saturated heterocycles. The Bertz CT molecular complexity index is 480. The molecule has 0 aromatic heterocycles. The van der Waals surface area contributed by atoms with E-state index < -0.39 is 11.7 Å². The molecule has 0 spiro atoms. The fraction of sp³-hybridized carbons (Fsp3) is 0.429. The molecule has 5 nitrogen and oxygen atoms in total. The first-order chi connectivity index (χ1) is 9.50. The second-order valence-corrected chi connectivity index (χ2v) is 4.78. The van der Waals surface area contributed by atoms with Crippen molar-refractivity contribution >= 4 is 35.8 Å². The molecule has 0 aliphatic carbocycles. The molecule has 21 heavy (non-hydrogen) atoms. The third kappa shape index (κ3) is 7.84. The third-order valence-corrected chi connectivity index (χ3v) is 2.46. The Kier molecular flexibility index (Phi) is 9.68. The zero-order valence-electron chi connectivity index (χ0n) is 12.2. The Morgan fingerprint density at radius 2 is 1.90 bits per heavy atom. The Morgan fingerprint density at radius 3 is 2.52 bits per heavy atom. The number of aliphatic imine (C=N–C) groups is 1. The maximum atomic E-state index is 13.3. The van der Waals surface area contributed by atoms with Gasteiger partial charge >= 0.3 is 0 Å². The van der Waals surface area contributed by atoms with E-state index in [1.165, 1.54) is 12.1 Å². The lowest BCUT2D eigenvalue weighted by atomic mass is 10.2. The first-order valence-electron chi connectivity index (χ1n) is 6.57. The molecule has 0 atom stereocenters. The van der Waals surface area contributed by atoms with E-state index in [1.54, 1.807) is 12.1 Å². The van der Waals surface area contributed by atoms with Crippen LogP contribution in [0.15, 0.2) is 29.3 Å². The number of nitrogens with two attached hydrogens (primary N) is 1. The van der Waals surface area contributed by atoms with Crippen LogP contribution < -0.4 is 16.4 Å². The average molecular weight is 408 g/mol. The van der Waals surface area contributed by atoms with E-state index in [1.807, 2.05) is 13.8 Å². The number of carbonyl (C=O) groups excluding carboxylic acids is 1. The molecule has 1 aromatic carbocycles. The van der Waals surface area contributed by atoms with Crippen molar-refractivity contribution in [1.82, 2.24) is 10.6 Å². The van der Waals surface area contributed by atoms with Crippen LogP contribution in [0.2, 0.25) is 0 Å². The van der Waals surface area contributed by atoms with E-state index in [9.17, 15) is 9.18 Å². The summed E-state index contributed by atoms with van der Waals surface area (Å²) in [5.41, 5.74) is 5.68. The topological polar surface area (TPSA) is 79.5 Å². The highest BCUT2D eigenvalue weighted by molar-refractivity contribution is 14.0. The number of amides is 1. The van der Waals surface area contributed by atoms with Gasteiger partial charge in [-0.2, -0.15) is 0 Å². The molecule has 1 rings (SSSR count). The van der Waals surface area contributed by atoms with Crippen LogP contribution in [0.1, 0.15) is 24.2 Å². The fourth-order valence-corrected chi connectivity index (χ4v) is 1.44. The van der Waals surface area contributed by atoms with Gasteiger partial charge in [-0.1, -0.05) is 26.0 Å². The monoisotopic (exact) mass is 408 g/mol. The average Bonchev–Trinajstić information content (AvgIpc) is 2.41. The summed E-state index contributed by atoms with van der Waals surface area (Å²) in [4.78, 5) is 15.8. The predicted molar refractivity (Wildman–Crippen MR) is 93.5 cm³/mol. The lowest BCUT2D eigenvalue weighted by Gasteiger charge is -2.08. The van der Waals surface area contributed by atoms with Crippen LogP contribution in [0.3, 0.4) is 0 Å². The van der Waals surface area contributed by atoms with Crippen LogP contribution in [0, 0.1) is 11.7 Å². The van der Waals surface area contributed by atoms with E-state index in [0.717, 1.165) is 0 Å². The summed E-state index contributed by atoms with van der Waals surface area (Å²) < 4.78 is 13.3. The van der Waals surface area contributed by atoms with Crippen LogP contribution in [-0.2, 0) is 0 Å². The van der Waals surface area contributed by atoms with E-state index in [2.05, 4.69) is 15.6 Å². The van der Waals surface area contributed by atoms with Gasteiger partial charge in [0, 0.05) is 19.6 Å². The molecule has 4 N–H and O–H groups in total. The van der Waals surface area contributed by atoms with E-state index in [4.69, 9.17) is 5.73 Å². The molecular formula is C14H22FIN4O. The highest BCUT2D eigenvalue weighted by Gasteiger charge is 2.09. The van der Waals surface area contributed by atoms with Gasteiger partial charge < -0.3 is 16.4 Å². The number of nitrogens with zero attached hydrogens (tertiary/aromatic N) is 1. The lowest BCUT2D eigenvalue weighted by Crippen LogP contribution is -2.38. The fourth-order valence-electron chi connectivity index (χ4n) is 1.44. The second kappa shape index (κ2) is 10.4. The van der Waals surface area contributed by atoms with Crippen molar-refractivity contribution in [2.75, 3.05) is 19.6 Å². The van der Waals surface area contributed by atoms with Crippen LogP contribution in [0.25, 0.3) is 0 Å². The Hall–Kier alpha value is -1.38. The first-order valence-corrected chi connectivity index (χ1v) is 6.57. The summed E-state index contributed by atoms with van der Waals surface area (Å²) in [5, 5.41) is 5.49. The molecule has 1 aromatic rings. The number of hydrogen-bond acceptors (Lipinski definition) is 2. The molecule has 1 amide bonds. The van der Waals surface area contributed by atoms with Crippen molar-refractivity contribution in [2.24, 2.45) is 16.6 Å². The summed E-state index contributed by atoms with van der Waals surface area (Å²) in [6.07, 6.45) is 0. The van der Waals surface area contributed by atoms with E-state index in [0.29, 0.717) is 31.5 Å². The summed E-state index contributed by atoms with van der Waals surface area (Å²) in [6.45, 7) is 5.52. The Labute approximate surface area is 141 Å². The van der Waals surface area contributed by atoms with Crippen molar-refractivity contribution in [3.8, 4) is 0 Å². The third-order valence-electron chi connectivity index (χ3n) is 2.46. The van der Waals surface area contributed by atoms with Crippen LogP contribution in [0.4, 0.5) is 4.39 Å². The van der Waals surface area contributed by atoms with Gasteiger partial charge in [0.2, 0.25) is 0 Å². The molecule has 0 unspecified atom stereocenters. The molecule has 0 saturated carbocycles. The second-order valence-electron chi connectivity index (χ2n) is 4.78. The Morgan fingerprint density at radius 1 is 1.29 bits per heavy atom. The van der Waals surface area contributed by atoms with Gasteiger partial charge in [0.1, 0.15) is 5.82 Å². The van der Waals surface area contributed by atoms with Gasteiger partial charge in [-0.3, -0.25) is 9.79 Å². The first kappa shape index (κ1) is 19.6. The van der Waals surface area contributed by atoms with Crippen molar-refractivity contribution < 1.29 is 9.18 Å². The lowest BCUT2D eigenvalue weighted by molar-refractivity contribution is 0.0950. The number of carbonyl (C=O) groups is 1. The van der Waals surface area contributed by atoms with Crippen molar-refractivity contribution in [2.45, 2.75) is 13.8 Å². The van der Waals surface area contributed by atoms with Gasteiger partial charge in [0.25, 0.3) is 5.91 Å². The minimum Gasteiger partial charge on any atom is -0.370 e. The molecule has 0 bridgehead atoms. The quantitative estimate of drug-likeness (QED) is 0.290. The van der Waals surface area contributed by atoms with Crippen LogP contribution in [-0.4, -0.2) is 31.5 Å². The molecule has 118 valence electrons. The minimum absolute atomic E-state index is 0. The summed E-state index contributed by atoms with van der Waals surface area (Å²) in [5.74, 6) is -0.187. The molecule has 0 heterocycles. The molecule has 0 aliphatic rings. The molecule has 0 aliphatic heterocycles. The van der Waals surface area contributed by atoms with Gasteiger partial charge in [-0.25, -0.2) is 4.39 Å². The minimum atomic E-state index is -0.532. The van der Waals surface area contributed by atoms with E-state index in [-0.39, 0.29) is 29.5 Å². The van der Waals surface area contributed by atoms with E-state index >= 15 is 0 Å². The number of nitrogens with one attached hydrogen (secondary N) is 2. The predicted octanol–water partition coefficient (Wildman–Crippen LogP) is 1.73. The van der Waals surface area contributed by atoms with Gasteiger partial charge in [-0.15, -0.1) is 24.0 Å². The molecule has 0 radical (unpaired) electrons. The largest absolute Gasteiger partial charge is 0.370 e. The maximum absolute atomic E-state index is 13.3.